The van der Waals surface area contributed by atoms with Crippen LogP contribution in [0.1, 0.15) is 37.8 Å². The number of rotatable bonds is 4. The second-order valence-electron chi connectivity index (χ2n) is 4.84. The van der Waals surface area contributed by atoms with Gasteiger partial charge >= 0.3 is 0 Å². The summed E-state index contributed by atoms with van der Waals surface area (Å²) in [5.74, 6) is -0.210. The lowest BCUT2D eigenvalue weighted by molar-refractivity contribution is -0.122. The van der Waals surface area contributed by atoms with Crippen LogP contribution in [-0.4, -0.2) is 18.5 Å². The van der Waals surface area contributed by atoms with Gasteiger partial charge in [0.1, 0.15) is 5.82 Å². The van der Waals surface area contributed by atoms with Crippen LogP contribution in [0.4, 0.5) is 4.39 Å². The number of carbonyl (C=O) groups is 1. The Kier molecular flexibility index (Phi) is 4.31. The van der Waals surface area contributed by atoms with E-state index in [1.54, 1.807) is 12.1 Å². The molecular weight excluding hydrogens is 231 g/mol. The Morgan fingerprint density at radius 2 is 2.22 bits per heavy atom. The molecule has 3 nitrogen and oxygen atoms in total. The lowest BCUT2D eigenvalue weighted by atomic mass is 10.1. The van der Waals surface area contributed by atoms with Gasteiger partial charge in [0, 0.05) is 12.5 Å². The van der Waals surface area contributed by atoms with Crippen molar-refractivity contribution in [1.82, 2.24) is 10.6 Å². The number of hydrogen-bond acceptors (Lipinski definition) is 2. The smallest absolute Gasteiger partial charge is 0.222 e. The van der Waals surface area contributed by atoms with Crippen molar-refractivity contribution in [3.8, 4) is 0 Å². The van der Waals surface area contributed by atoms with Crippen molar-refractivity contribution in [3.05, 3.63) is 35.6 Å². The van der Waals surface area contributed by atoms with Crippen LogP contribution in [0.2, 0.25) is 0 Å². The monoisotopic (exact) mass is 250 g/mol. The first kappa shape index (κ1) is 13.0. The lowest BCUT2D eigenvalue weighted by Gasteiger charge is -2.16. The summed E-state index contributed by atoms with van der Waals surface area (Å²) in [6.07, 6.45) is 2.73. The van der Waals surface area contributed by atoms with E-state index in [0.717, 1.165) is 24.9 Å². The first-order chi connectivity index (χ1) is 8.65. The van der Waals surface area contributed by atoms with Crippen LogP contribution in [-0.2, 0) is 4.79 Å². The Morgan fingerprint density at radius 3 is 2.83 bits per heavy atom. The molecule has 2 rings (SSSR count). The number of amides is 1. The van der Waals surface area contributed by atoms with Crippen molar-refractivity contribution < 1.29 is 9.18 Å². The third-order valence-corrected chi connectivity index (χ3v) is 3.34. The minimum atomic E-state index is -0.257. The van der Waals surface area contributed by atoms with Gasteiger partial charge in [-0.1, -0.05) is 12.1 Å². The minimum Gasteiger partial charge on any atom is -0.350 e. The Bertz CT molecular complexity index is 399. The summed E-state index contributed by atoms with van der Waals surface area (Å²) >= 11 is 0. The SMILES string of the molecule is C[C@@H](NC(=O)CC1CCCN1)c1ccc(F)cc1. The third-order valence-electron chi connectivity index (χ3n) is 3.34. The van der Waals surface area contributed by atoms with Gasteiger partial charge in [-0.2, -0.15) is 0 Å². The maximum absolute atomic E-state index is 12.8. The van der Waals surface area contributed by atoms with E-state index in [4.69, 9.17) is 0 Å². The second-order valence-corrected chi connectivity index (χ2v) is 4.84. The van der Waals surface area contributed by atoms with Gasteiger partial charge in [-0.15, -0.1) is 0 Å². The lowest BCUT2D eigenvalue weighted by Crippen LogP contribution is -2.33. The van der Waals surface area contributed by atoms with Crippen LogP contribution in [0.5, 0.6) is 0 Å². The van der Waals surface area contributed by atoms with E-state index in [-0.39, 0.29) is 17.8 Å². The van der Waals surface area contributed by atoms with E-state index in [1.165, 1.54) is 12.1 Å². The van der Waals surface area contributed by atoms with Gasteiger partial charge in [0.05, 0.1) is 6.04 Å². The van der Waals surface area contributed by atoms with Crippen LogP contribution >= 0.6 is 0 Å². The molecule has 1 saturated heterocycles. The van der Waals surface area contributed by atoms with Crippen molar-refractivity contribution in [2.75, 3.05) is 6.54 Å². The number of nitrogens with one attached hydrogen (secondary N) is 2. The van der Waals surface area contributed by atoms with Crippen molar-refractivity contribution in [1.29, 1.82) is 0 Å². The van der Waals surface area contributed by atoms with Crippen LogP contribution in [0.3, 0.4) is 0 Å². The zero-order valence-corrected chi connectivity index (χ0v) is 10.6. The topological polar surface area (TPSA) is 41.1 Å². The molecule has 0 radical (unpaired) electrons. The molecule has 1 aromatic rings. The molecule has 1 amide bonds. The molecule has 0 aromatic heterocycles. The molecular formula is C14H19FN2O. The van der Waals surface area contributed by atoms with E-state index < -0.39 is 0 Å². The molecule has 4 heteroatoms. The van der Waals surface area contributed by atoms with Crippen molar-refractivity contribution >= 4 is 5.91 Å². The molecule has 1 aliphatic heterocycles. The fourth-order valence-electron chi connectivity index (χ4n) is 2.29. The van der Waals surface area contributed by atoms with E-state index in [1.807, 2.05) is 6.92 Å². The summed E-state index contributed by atoms with van der Waals surface area (Å²) in [4.78, 5) is 11.8. The van der Waals surface area contributed by atoms with Gasteiger partial charge in [0.2, 0.25) is 5.91 Å². The van der Waals surface area contributed by atoms with Gasteiger partial charge in [0.25, 0.3) is 0 Å². The highest BCUT2D eigenvalue weighted by Crippen LogP contribution is 2.14. The summed E-state index contributed by atoms with van der Waals surface area (Å²) in [6.45, 7) is 2.92. The quantitative estimate of drug-likeness (QED) is 0.859. The molecule has 1 unspecified atom stereocenters. The number of benzene rings is 1. The van der Waals surface area contributed by atoms with Crippen LogP contribution in [0.25, 0.3) is 0 Å². The Hall–Kier alpha value is -1.42. The zero-order valence-electron chi connectivity index (χ0n) is 10.6. The average molecular weight is 250 g/mol. The Labute approximate surface area is 107 Å². The van der Waals surface area contributed by atoms with E-state index in [0.29, 0.717) is 12.5 Å². The summed E-state index contributed by atoms with van der Waals surface area (Å²) < 4.78 is 12.8. The number of halogens is 1. The van der Waals surface area contributed by atoms with Crippen molar-refractivity contribution in [3.63, 3.8) is 0 Å². The fourth-order valence-corrected chi connectivity index (χ4v) is 2.29. The third kappa shape index (κ3) is 3.53. The van der Waals surface area contributed by atoms with E-state index in [9.17, 15) is 9.18 Å². The van der Waals surface area contributed by atoms with Gasteiger partial charge in [-0.3, -0.25) is 4.79 Å². The van der Waals surface area contributed by atoms with Crippen molar-refractivity contribution in [2.45, 2.75) is 38.3 Å². The standard InChI is InChI=1S/C14H19FN2O/c1-10(11-4-6-12(15)7-5-11)17-14(18)9-13-3-2-8-16-13/h4-7,10,13,16H,2-3,8-9H2,1H3,(H,17,18)/t10-,13?/m1/s1. The summed E-state index contributed by atoms with van der Waals surface area (Å²) in [7, 11) is 0. The van der Waals surface area contributed by atoms with Crippen molar-refractivity contribution in [2.24, 2.45) is 0 Å². The predicted octanol–water partition coefficient (Wildman–Crippen LogP) is 2.14. The van der Waals surface area contributed by atoms with Gasteiger partial charge < -0.3 is 10.6 Å². The van der Waals surface area contributed by atoms with E-state index >= 15 is 0 Å². The van der Waals surface area contributed by atoms with Gasteiger partial charge in [0.15, 0.2) is 0 Å². The summed E-state index contributed by atoms with van der Waals surface area (Å²) in [6, 6.07) is 6.46. The molecule has 1 aromatic carbocycles. The van der Waals surface area contributed by atoms with Crippen LogP contribution in [0.15, 0.2) is 24.3 Å². The second kappa shape index (κ2) is 5.96. The molecule has 98 valence electrons. The molecule has 1 heterocycles. The summed E-state index contributed by atoms with van der Waals surface area (Å²) in [5.41, 5.74) is 0.920. The molecule has 0 aliphatic carbocycles. The molecule has 1 fully saturated rings. The van der Waals surface area contributed by atoms with Gasteiger partial charge in [-0.05, 0) is 44.0 Å². The molecule has 18 heavy (non-hydrogen) atoms. The van der Waals surface area contributed by atoms with Gasteiger partial charge in [-0.25, -0.2) is 4.39 Å². The molecule has 0 saturated carbocycles. The first-order valence-corrected chi connectivity index (χ1v) is 6.43. The first-order valence-electron chi connectivity index (χ1n) is 6.43. The molecule has 1 aliphatic rings. The predicted molar refractivity (Wildman–Crippen MR) is 68.6 cm³/mol. The highest BCUT2D eigenvalue weighted by molar-refractivity contribution is 5.77. The fraction of sp³-hybridized carbons (Fsp3) is 0.500. The maximum Gasteiger partial charge on any atom is 0.222 e. The highest BCUT2D eigenvalue weighted by atomic mass is 19.1. The largest absolute Gasteiger partial charge is 0.350 e. The number of carbonyl (C=O) groups excluding carboxylic acids is 1. The Balaban J connectivity index is 1.84. The highest BCUT2D eigenvalue weighted by Gasteiger charge is 2.18. The molecule has 0 bridgehead atoms. The number of hydrogen-bond donors (Lipinski definition) is 2. The Morgan fingerprint density at radius 1 is 1.50 bits per heavy atom. The summed E-state index contributed by atoms with van der Waals surface area (Å²) in [5, 5.41) is 6.24. The molecule has 2 atom stereocenters. The minimum absolute atomic E-state index is 0.0474. The van der Waals surface area contributed by atoms with Crippen LogP contribution < -0.4 is 10.6 Å². The average Bonchev–Trinajstić information content (AvgIpc) is 2.82. The zero-order chi connectivity index (χ0) is 13.0. The normalized spacial score (nSPS) is 20.7. The molecule has 2 N–H and O–H groups in total. The molecule has 0 spiro atoms. The van der Waals surface area contributed by atoms with E-state index in [2.05, 4.69) is 10.6 Å². The maximum atomic E-state index is 12.8. The van der Waals surface area contributed by atoms with Crippen LogP contribution in [0, 0.1) is 5.82 Å².